The van der Waals surface area contributed by atoms with Crippen molar-refractivity contribution in [2.45, 2.75) is 25.6 Å². The van der Waals surface area contributed by atoms with Gasteiger partial charge in [-0.3, -0.25) is 9.69 Å². The van der Waals surface area contributed by atoms with E-state index in [1.165, 1.54) is 5.56 Å². The Labute approximate surface area is 132 Å². The summed E-state index contributed by atoms with van der Waals surface area (Å²) < 4.78 is 5.74. The number of carbonyl (C=O) groups is 1. The minimum Gasteiger partial charge on any atom is -0.366 e. The van der Waals surface area contributed by atoms with Crippen molar-refractivity contribution in [3.63, 3.8) is 0 Å². The van der Waals surface area contributed by atoms with Gasteiger partial charge in [-0.25, -0.2) is 0 Å². The zero-order chi connectivity index (χ0) is 15.4. The summed E-state index contributed by atoms with van der Waals surface area (Å²) in [6, 6.07) is 10.8. The van der Waals surface area contributed by atoms with Gasteiger partial charge >= 0.3 is 0 Å². The average molecular weight is 303 g/mol. The molecule has 22 heavy (non-hydrogen) atoms. The van der Waals surface area contributed by atoms with E-state index < -0.39 is 0 Å². The van der Waals surface area contributed by atoms with Crippen LogP contribution >= 0.6 is 0 Å². The minimum absolute atomic E-state index is 0.145. The van der Waals surface area contributed by atoms with Crippen LogP contribution in [-0.4, -0.2) is 67.2 Å². The summed E-state index contributed by atoms with van der Waals surface area (Å²) in [6.45, 7) is 7.62. The third-order valence-corrected chi connectivity index (χ3v) is 4.36. The van der Waals surface area contributed by atoms with E-state index in [0.717, 1.165) is 32.7 Å². The standard InChI is InChI=1S/C17H25N3O2/c1-14-11-20(8-7-18-14)17(21)16-13-19(9-10-22-16)12-15-5-3-2-4-6-15/h2-6,14,16,18H,7-13H2,1H3. The summed E-state index contributed by atoms with van der Waals surface area (Å²) in [4.78, 5) is 16.9. The number of hydrogen-bond acceptors (Lipinski definition) is 4. The molecular weight excluding hydrogens is 278 g/mol. The molecule has 2 aliphatic heterocycles. The number of amides is 1. The van der Waals surface area contributed by atoms with Gasteiger partial charge in [0.25, 0.3) is 5.91 Å². The highest BCUT2D eigenvalue weighted by Gasteiger charge is 2.31. The lowest BCUT2D eigenvalue weighted by Gasteiger charge is -2.37. The molecule has 5 heteroatoms. The van der Waals surface area contributed by atoms with Crippen LogP contribution in [0, 0.1) is 0 Å². The molecule has 2 aliphatic rings. The SMILES string of the molecule is CC1CN(C(=O)C2CN(Cc3ccccc3)CCO2)CCN1. The van der Waals surface area contributed by atoms with Crippen LogP contribution in [0.15, 0.2) is 30.3 Å². The van der Waals surface area contributed by atoms with Gasteiger partial charge in [-0.2, -0.15) is 0 Å². The molecule has 0 radical (unpaired) electrons. The maximum atomic E-state index is 12.6. The first-order valence-electron chi connectivity index (χ1n) is 8.12. The first-order valence-corrected chi connectivity index (χ1v) is 8.12. The predicted octanol–water partition coefficient (Wildman–Crippen LogP) is 0.708. The number of nitrogens with one attached hydrogen (secondary N) is 1. The Morgan fingerprint density at radius 1 is 1.27 bits per heavy atom. The third-order valence-electron chi connectivity index (χ3n) is 4.36. The van der Waals surface area contributed by atoms with Crippen molar-refractivity contribution in [1.82, 2.24) is 15.1 Å². The van der Waals surface area contributed by atoms with Gasteiger partial charge in [0, 0.05) is 45.3 Å². The monoisotopic (exact) mass is 303 g/mol. The molecule has 0 spiro atoms. The molecule has 1 amide bonds. The maximum Gasteiger partial charge on any atom is 0.253 e. The third kappa shape index (κ3) is 3.85. The van der Waals surface area contributed by atoms with E-state index in [9.17, 15) is 4.79 Å². The predicted molar refractivity (Wildman–Crippen MR) is 85.5 cm³/mol. The Hall–Kier alpha value is -1.43. The molecule has 0 saturated carbocycles. The largest absolute Gasteiger partial charge is 0.366 e. The van der Waals surface area contributed by atoms with Crippen LogP contribution in [0.25, 0.3) is 0 Å². The number of piperazine rings is 1. The highest BCUT2D eigenvalue weighted by molar-refractivity contribution is 5.81. The van der Waals surface area contributed by atoms with Crippen LogP contribution in [0.1, 0.15) is 12.5 Å². The van der Waals surface area contributed by atoms with Crippen molar-refractivity contribution >= 4 is 5.91 Å². The second kappa shape index (κ2) is 7.22. The molecule has 1 N–H and O–H groups in total. The lowest BCUT2D eigenvalue weighted by Crippen LogP contribution is -2.57. The lowest BCUT2D eigenvalue weighted by atomic mass is 10.1. The topological polar surface area (TPSA) is 44.8 Å². The van der Waals surface area contributed by atoms with Gasteiger partial charge in [-0.15, -0.1) is 0 Å². The molecule has 0 aliphatic carbocycles. The summed E-state index contributed by atoms with van der Waals surface area (Å²) in [5.74, 6) is 0.145. The van der Waals surface area contributed by atoms with Crippen molar-refractivity contribution in [3.8, 4) is 0 Å². The van der Waals surface area contributed by atoms with Gasteiger partial charge in [0.1, 0.15) is 6.10 Å². The van der Waals surface area contributed by atoms with E-state index in [-0.39, 0.29) is 12.0 Å². The van der Waals surface area contributed by atoms with Crippen molar-refractivity contribution in [2.75, 3.05) is 39.3 Å². The van der Waals surface area contributed by atoms with Crippen molar-refractivity contribution < 1.29 is 9.53 Å². The molecule has 2 atom stereocenters. The molecule has 2 unspecified atom stereocenters. The first kappa shape index (κ1) is 15.5. The number of nitrogens with zero attached hydrogens (tertiary/aromatic N) is 2. The fourth-order valence-corrected chi connectivity index (χ4v) is 3.17. The minimum atomic E-state index is -0.317. The highest BCUT2D eigenvalue weighted by Crippen LogP contribution is 2.13. The molecule has 2 fully saturated rings. The van der Waals surface area contributed by atoms with Crippen molar-refractivity contribution in [3.05, 3.63) is 35.9 Å². The van der Waals surface area contributed by atoms with Crippen molar-refractivity contribution in [2.24, 2.45) is 0 Å². The molecule has 1 aromatic rings. The van der Waals surface area contributed by atoms with Crippen LogP contribution < -0.4 is 5.32 Å². The van der Waals surface area contributed by atoms with Crippen molar-refractivity contribution in [1.29, 1.82) is 0 Å². The summed E-state index contributed by atoms with van der Waals surface area (Å²) in [7, 11) is 0. The Balaban J connectivity index is 1.57. The molecule has 2 saturated heterocycles. The zero-order valence-corrected chi connectivity index (χ0v) is 13.2. The molecule has 2 heterocycles. The Morgan fingerprint density at radius 3 is 2.86 bits per heavy atom. The van der Waals surface area contributed by atoms with Crippen LogP contribution in [-0.2, 0) is 16.1 Å². The zero-order valence-electron chi connectivity index (χ0n) is 13.2. The van der Waals surface area contributed by atoms with Gasteiger partial charge in [0.2, 0.25) is 0 Å². The van der Waals surface area contributed by atoms with Crippen LogP contribution in [0.3, 0.4) is 0 Å². The van der Waals surface area contributed by atoms with Gasteiger partial charge < -0.3 is 15.0 Å². The fraction of sp³-hybridized carbons (Fsp3) is 0.588. The van der Waals surface area contributed by atoms with Crippen LogP contribution in [0.2, 0.25) is 0 Å². The molecule has 5 nitrogen and oxygen atoms in total. The van der Waals surface area contributed by atoms with E-state index in [1.807, 2.05) is 11.0 Å². The number of hydrogen-bond donors (Lipinski definition) is 1. The Kier molecular flexibility index (Phi) is 5.08. The van der Waals surface area contributed by atoms with Crippen LogP contribution in [0.5, 0.6) is 0 Å². The van der Waals surface area contributed by atoms with Gasteiger partial charge in [-0.1, -0.05) is 30.3 Å². The quantitative estimate of drug-likeness (QED) is 0.893. The lowest BCUT2D eigenvalue weighted by molar-refractivity contribution is -0.150. The van der Waals surface area contributed by atoms with E-state index >= 15 is 0 Å². The summed E-state index contributed by atoms with van der Waals surface area (Å²) in [5.41, 5.74) is 1.28. The highest BCUT2D eigenvalue weighted by atomic mass is 16.5. The number of morpholine rings is 1. The Bertz CT molecular complexity index is 494. The molecule has 0 aromatic heterocycles. The maximum absolute atomic E-state index is 12.6. The average Bonchev–Trinajstić information content (AvgIpc) is 2.55. The summed E-state index contributed by atoms with van der Waals surface area (Å²) >= 11 is 0. The second-order valence-electron chi connectivity index (χ2n) is 6.22. The van der Waals surface area contributed by atoms with Gasteiger partial charge in [-0.05, 0) is 12.5 Å². The molecule has 0 bridgehead atoms. The second-order valence-corrected chi connectivity index (χ2v) is 6.22. The van der Waals surface area contributed by atoms with Gasteiger partial charge in [0.05, 0.1) is 6.61 Å². The molecular formula is C17H25N3O2. The summed E-state index contributed by atoms with van der Waals surface area (Å²) in [5, 5.41) is 3.37. The first-order chi connectivity index (χ1) is 10.7. The fourth-order valence-electron chi connectivity index (χ4n) is 3.17. The van der Waals surface area contributed by atoms with E-state index in [0.29, 0.717) is 19.2 Å². The number of benzene rings is 1. The van der Waals surface area contributed by atoms with E-state index in [4.69, 9.17) is 4.74 Å². The Morgan fingerprint density at radius 2 is 2.09 bits per heavy atom. The number of ether oxygens (including phenoxy) is 1. The number of carbonyl (C=O) groups excluding carboxylic acids is 1. The molecule has 120 valence electrons. The van der Waals surface area contributed by atoms with E-state index in [2.05, 4.69) is 41.4 Å². The smallest absolute Gasteiger partial charge is 0.253 e. The molecule has 3 rings (SSSR count). The van der Waals surface area contributed by atoms with Crippen LogP contribution in [0.4, 0.5) is 0 Å². The van der Waals surface area contributed by atoms with E-state index in [1.54, 1.807) is 0 Å². The normalized spacial score (nSPS) is 26.9. The number of rotatable bonds is 3. The summed E-state index contributed by atoms with van der Waals surface area (Å²) in [6.07, 6.45) is -0.317. The van der Waals surface area contributed by atoms with Gasteiger partial charge in [0.15, 0.2) is 0 Å². The molecule has 1 aromatic carbocycles.